The molecule has 0 radical (unpaired) electrons. The Bertz CT molecular complexity index is 113. The minimum atomic E-state index is -0.226. The van der Waals surface area contributed by atoms with Gasteiger partial charge in [-0.25, -0.2) is 0 Å². The van der Waals surface area contributed by atoms with Crippen LogP contribution in [0.1, 0.15) is 13.8 Å². The summed E-state index contributed by atoms with van der Waals surface area (Å²) >= 11 is 1.27. The fourth-order valence-corrected chi connectivity index (χ4v) is 0.791. The highest BCUT2D eigenvalue weighted by molar-refractivity contribution is 8.93. The first-order chi connectivity index (χ1) is 3.92. The van der Waals surface area contributed by atoms with Crippen molar-refractivity contribution in [2.45, 2.75) is 19.4 Å². The van der Waals surface area contributed by atoms with E-state index < -0.39 is 0 Å². The average Bonchev–Trinajstić information content (AvgIpc) is 1.59. The first-order valence-corrected chi connectivity index (χ1v) is 3.66. The molecular formula is C5H15Br2N3S. The lowest BCUT2D eigenvalue weighted by Gasteiger charge is -2.16. The Balaban J connectivity index is -0.000000320. The van der Waals surface area contributed by atoms with Gasteiger partial charge in [0.15, 0.2) is 5.17 Å². The van der Waals surface area contributed by atoms with Gasteiger partial charge in [0.1, 0.15) is 0 Å². The fourth-order valence-electron chi connectivity index (χ4n) is 0.264. The lowest BCUT2D eigenvalue weighted by atomic mass is 10.1. The first kappa shape index (κ1) is 17.7. The minimum Gasteiger partial charge on any atom is -0.379 e. The molecule has 0 aliphatic rings. The molecule has 0 amide bonds. The molecule has 0 aromatic carbocycles. The van der Waals surface area contributed by atoms with Crippen LogP contribution in [0, 0.1) is 5.41 Å². The van der Waals surface area contributed by atoms with E-state index >= 15 is 0 Å². The normalized spacial score (nSPS) is 9.36. The zero-order valence-corrected chi connectivity index (χ0v) is 10.8. The Morgan fingerprint density at radius 3 is 1.91 bits per heavy atom. The Morgan fingerprint density at radius 2 is 1.82 bits per heavy atom. The van der Waals surface area contributed by atoms with Gasteiger partial charge in [-0.2, -0.15) is 0 Å². The molecule has 0 atom stereocenters. The van der Waals surface area contributed by atoms with E-state index in [4.69, 9.17) is 16.9 Å². The highest BCUT2D eigenvalue weighted by Crippen LogP contribution is 2.07. The van der Waals surface area contributed by atoms with E-state index in [9.17, 15) is 0 Å². The van der Waals surface area contributed by atoms with Crippen molar-refractivity contribution < 1.29 is 0 Å². The molecule has 0 aromatic heterocycles. The van der Waals surface area contributed by atoms with Crippen LogP contribution in [-0.2, 0) is 0 Å². The van der Waals surface area contributed by atoms with Crippen LogP contribution in [0.25, 0.3) is 0 Å². The molecular weight excluding hydrogens is 294 g/mol. The summed E-state index contributed by atoms with van der Waals surface area (Å²) in [4.78, 5) is 0. The molecule has 0 saturated heterocycles. The summed E-state index contributed by atoms with van der Waals surface area (Å²) in [6.45, 7) is 3.81. The number of nitrogens with two attached hydrogens (primary N) is 2. The predicted octanol–water partition coefficient (Wildman–Crippen LogP) is 1.51. The first-order valence-electron chi connectivity index (χ1n) is 2.67. The maximum atomic E-state index is 6.86. The lowest BCUT2D eigenvalue weighted by Crippen LogP contribution is -2.35. The van der Waals surface area contributed by atoms with Gasteiger partial charge in [0, 0.05) is 11.3 Å². The second-order valence-corrected chi connectivity index (χ2v) is 3.66. The van der Waals surface area contributed by atoms with E-state index in [0.717, 1.165) is 0 Å². The number of rotatable bonds is 2. The molecule has 11 heavy (non-hydrogen) atoms. The van der Waals surface area contributed by atoms with Crippen molar-refractivity contribution in [3.63, 3.8) is 0 Å². The van der Waals surface area contributed by atoms with Crippen LogP contribution in [0.3, 0.4) is 0 Å². The zero-order valence-electron chi connectivity index (χ0n) is 6.59. The molecule has 0 heterocycles. The summed E-state index contributed by atoms with van der Waals surface area (Å²) in [7, 11) is 0. The van der Waals surface area contributed by atoms with Gasteiger partial charge in [-0.05, 0) is 13.8 Å². The Morgan fingerprint density at radius 1 is 1.45 bits per heavy atom. The summed E-state index contributed by atoms with van der Waals surface area (Å²) in [5, 5.41) is 6.99. The summed E-state index contributed by atoms with van der Waals surface area (Å²) in [6, 6.07) is 0. The van der Waals surface area contributed by atoms with E-state index in [2.05, 4.69) is 0 Å². The number of hydrogen-bond donors (Lipinski definition) is 3. The molecule has 0 aromatic rings. The van der Waals surface area contributed by atoms with Crippen molar-refractivity contribution in [3.05, 3.63) is 0 Å². The third-order valence-corrected chi connectivity index (χ3v) is 1.80. The van der Waals surface area contributed by atoms with Crippen molar-refractivity contribution >= 4 is 50.9 Å². The van der Waals surface area contributed by atoms with Gasteiger partial charge in [0.05, 0.1) is 0 Å². The van der Waals surface area contributed by atoms with E-state index in [1.54, 1.807) is 0 Å². The van der Waals surface area contributed by atoms with Gasteiger partial charge < -0.3 is 11.5 Å². The highest BCUT2D eigenvalue weighted by atomic mass is 79.9. The second-order valence-electron chi connectivity index (χ2n) is 2.64. The van der Waals surface area contributed by atoms with E-state index in [1.165, 1.54) is 11.8 Å². The molecule has 0 rings (SSSR count). The summed E-state index contributed by atoms with van der Waals surface area (Å²) in [6.07, 6.45) is 0. The van der Waals surface area contributed by atoms with Crippen LogP contribution in [0.5, 0.6) is 0 Å². The quantitative estimate of drug-likeness (QED) is 0.534. The molecule has 6 heteroatoms. The van der Waals surface area contributed by atoms with Crippen molar-refractivity contribution in [1.82, 2.24) is 0 Å². The van der Waals surface area contributed by atoms with Crippen LogP contribution >= 0.6 is 45.7 Å². The third kappa shape index (κ3) is 18.1. The van der Waals surface area contributed by atoms with Crippen molar-refractivity contribution in [1.29, 1.82) is 5.41 Å². The molecule has 0 bridgehead atoms. The van der Waals surface area contributed by atoms with Gasteiger partial charge >= 0.3 is 0 Å². The van der Waals surface area contributed by atoms with Gasteiger partial charge in [-0.15, -0.1) is 34.0 Å². The van der Waals surface area contributed by atoms with Crippen LogP contribution in [0.4, 0.5) is 0 Å². The number of halogens is 2. The van der Waals surface area contributed by atoms with Gasteiger partial charge in [0.2, 0.25) is 0 Å². The highest BCUT2D eigenvalue weighted by Gasteiger charge is 2.10. The van der Waals surface area contributed by atoms with E-state index in [0.29, 0.717) is 5.75 Å². The van der Waals surface area contributed by atoms with Crippen LogP contribution in [0.15, 0.2) is 0 Å². The van der Waals surface area contributed by atoms with E-state index in [-0.39, 0.29) is 44.7 Å². The molecule has 0 aliphatic carbocycles. The summed E-state index contributed by atoms with van der Waals surface area (Å²) in [5.41, 5.74) is 10.5. The second kappa shape index (κ2) is 7.39. The molecule has 0 fully saturated rings. The molecule has 0 unspecified atom stereocenters. The van der Waals surface area contributed by atoms with Crippen molar-refractivity contribution in [2.75, 3.05) is 5.75 Å². The number of thioether (sulfide) groups is 1. The van der Waals surface area contributed by atoms with Gasteiger partial charge in [-0.3, -0.25) is 5.41 Å². The van der Waals surface area contributed by atoms with Crippen molar-refractivity contribution in [2.24, 2.45) is 11.5 Å². The predicted molar refractivity (Wildman–Crippen MR) is 63.3 cm³/mol. The number of amidine groups is 1. The van der Waals surface area contributed by atoms with Crippen LogP contribution in [0.2, 0.25) is 0 Å². The smallest absolute Gasteiger partial charge is 0.151 e. The number of nitrogens with one attached hydrogen (secondary N) is 1. The van der Waals surface area contributed by atoms with Crippen LogP contribution in [-0.4, -0.2) is 16.5 Å². The minimum absolute atomic E-state index is 0. The molecule has 0 saturated carbocycles. The Hall–Kier alpha value is 0.740. The monoisotopic (exact) mass is 307 g/mol. The Kier molecular flexibility index (Phi) is 11.9. The summed E-state index contributed by atoms with van der Waals surface area (Å²) < 4.78 is 0. The largest absolute Gasteiger partial charge is 0.379 e. The van der Waals surface area contributed by atoms with E-state index in [1.807, 2.05) is 13.8 Å². The number of hydrogen-bond acceptors (Lipinski definition) is 3. The Labute approximate surface area is 92.7 Å². The average molecular weight is 309 g/mol. The molecule has 0 spiro atoms. The maximum absolute atomic E-state index is 6.86. The fraction of sp³-hybridized carbons (Fsp3) is 0.800. The van der Waals surface area contributed by atoms with Crippen LogP contribution < -0.4 is 11.5 Å². The molecule has 3 nitrogen and oxygen atoms in total. The van der Waals surface area contributed by atoms with Gasteiger partial charge in [-0.1, -0.05) is 11.8 Å². The molecule has 0 aliphatic heterocycles. The standard InChI is InChI=1S/C5H13N3S.2BrH/c1-5(2,8)3-9-4(6)7;;/h3,8H2,1-2H3,(H3,6,7);2*1H. The molecule has 5 N–H and O–H groups in total. The van der Waals surface area contributed by atoms with Gasteiger partial charge in [0.25, 0.3) is 0 Å². The zero-order chi connectivity index (χ0) is 7.49. The maximum Gasteiger partial charge on any atom is 0.151 e. The topological polar surface area (TPSA) is 75.9 Å². The molecule has 70 valence electrons. The SMILES string of the molecule is Br.Br.CC(C)(N)CSC(=N)N. The third-order valence-electron chi connectivity index (χ3n) is 0.600. The van der Waals surface area contributed by atoms with Crippen molar-refractivity contribution in [3.8, 4) is 0 Å². The lowest BCUT2D eigenvalue weighted by molar-refractivity contribution is 0.592. The summed E-state index contributed by atoms with van der Waals surface area (Å²) in [5.74, 6) is 0.697.